The fraction of sp³-hybridized carbons (Fsp3) is 0.333. The van der Waals surface area contributed by atoms with Crippen molar-refractivity contribution in [1.82, 2.24) is 10.6 Å². The van der Waals surface area contributed by atoms with E-state index in [9.17, 15) is 9.59 Å². The van der Waals surface area contributed by atoms with Gasteiger partial charge in [0.05, 0.1) is 0 Å². The van der Waals surface area contributed by atoms with Crippen molar-refractivity contribution in [2.24, 2.45) is 5.92 Å². The standard InChI is InChI=1S/C21H22ClN3O2/c22-15-5-7-16(8-6-15)25-12-10-18(21(25)27)20(26)24-13-19-17-4-2-1-3-14(17)9-11-23-19/h1-8,18-19,23H,9-13H2,(H,24,26). The summed E-state index contributed by atoms with van der Waals surface area (Å²) in [5.41, 5.74) is 3.33. The predicted molar refractivity (Wildman–Crippen MR) is 106 cm³/mol. The second kappa shape index (κ2) is 7.71. The van der Waals surface area contributed by atoms with Gasteiger partial charge >= 0.3 is 0 Å². The van der Waals surface area contributed by atoms with Crippen LogP contribution < -0.4 is 15.5 Å². The second-order valence-corrected chi connectivity index (χ2v) is 7.44. The average Bonchev–Trinajstić information content (AvgIpc) is 3.08. The minimum atomic E-state index is -0.625. The molecule has 2 amide bonds. The molecule has 0 radical (unpaired) electrons. The van der Waals surface area contributed by atoms with Crippen LogP contribution in [0.25, 0.3) is 0 Å². The molecule has 0 aromatic heterocycles. The van der Waals surface area contributed by atoms with Gasteiger partial charge in [-0.3, -0.25) is 9.59 Å². The number of hydrogen-bond donors (Lipinski definition) is 2. The third-order valence-electron chi connectivity index (χ3n) is 5.36. The van der Waals surface area contributed by atoms with E-state index >= 15 is 0 Å². The van der Waals surface area contributed by atoms with E-state index in [1.54, 1.807) is 17.0 Å². The average molecular weight is 384 g/mol. The van der Waals surface area contributed by atoms with Gasteiger partial charge in [-0.2, -0.15) is 0 Å². The van der Waals surface area contributed by atoms with Crippen molar-refractivity contribution in [2.45, 2.75) is 18.9 Å². The van der Waals surface area contributed by atoms with Crippen LogP contribution >= 0.6 is 11.6 Å². The lowest BCUT2D eigenvalue weighted by molar-refractivity contribution is -0.132. The Hall–Kier alpha value is -2.37. The first-order chi connectivity index (χ1) is 13.1. The number of halogens is 1. The summed E-state index contributed by atoms with van der Waals surface area (Å²) in [6, 6.07) is 15.5. The van der Waals surface area contributed by atoms with Crippen LogP contribution in [0.5, 0.6) is 0 Å². The van der Waals surface area contributed by atoms with Crippen molar-refractivity contribution >= 4 is 29.1 Å². The van der Waals surface area contributed by atoms with Gasteiger partial charge in [-0.1, -0.05) is 35.9 Å². The van der Waals surface area contributed by atoms with E-state index in [0.29, 0.717) is 24.5 Å². The Morgan fingerprint density at radius 2 is 1.96 bits per heavy atom. The Bertz CT molecular complexity index is 853. The Morgan fingerprint density at radius 1 is 1.19 bits per heavy atom. The number of rotatable bonds is 4. The van der Waals surface area contributed by atoms with Crippen molar-refractivity contribution in [3.05, 3.63) is 64.7 Å². The zero-order chi connectivity index (χ0) is 18.8. The molecule has 5 nitrogen and oxygen atoms in total. The fourth-order valence-electron chi connectivity index (χ4n) is 3.90. The lowest BCUT2D eigenvalue weighted by Crippen LogP contribution is -2.42. The van der Waals surface area contributed by atoms with Crippen molar-refractivity contribution in [2.75, 3.05) is 24.5 Å². The number of nitrogens with zero attached hydrogens (tertiary/aromatic N) is 1. The first kappa shape index (κ1) is 18.0. The highest BCUT2D eigenvalue weighted by atomic mass is 35.5. The molecule has 2 atom stereocenters. The highest BCUT2D eigenvalue weighted by Crippen LogP contribution is 2.27. The predicted octanol–water partition coefficient (Wildman–Crippen LogP) is 2.70. The third-order valence-corrected chi connectivity index (χ3v) is 5.61. The Kier molecular flexibility index (Phi) is 5.14. The quantitative estimate of drug-likeness (QED) is 0.798. The summed E-state index contributed by atoms with van der Waals surface area (Å²) in [4.78, 5) is 27.0. The van der Waals surface area contributed by atoms with E-state index in [4.69, 9.17) is 11.6 Å². The van der Waals surface area contributed by atoms with Gasteiger partial charge in [0.15, 0.2) is 0 Å². The van der Waals surface area contributed by atoms with Crippen molar-refractivity contribution < 1.29 is 9.59 Å². The summed E-state index contributed by atoms with van der Waals surface area (Å²) in [5, 5.41) is 7.05. The van der Waals surface area contributed by atoms with Gasteiger partial charge in [-0.05, 0) is 54.8 Å². The smallest absolute Gasteiger partial charge is 0.239 e. The Labute approximate surface area is 163 Å². The molecule has 0 bridgehead atoms. The van der Waals surface area contributed by atoms with Crippen LogP contribution in [-0.4, -0.2) is 31.4 Å². The van der Waals surface area contributed by atoms with E-state index in [-0.39, 0.29) is 17.9 Å². The summed E-state index contributed by atoms with van der Waals surface area (Å²) in [6.45, 7) is 1.92. The Morgan fingerprint density at radius 3 is 2.78 bits per heavy atom. The Balaban J connectivity index is 1.38. The maximum atomic E-state index is 12.7. The summed E-state index contributed by atoms with van der Waals surface area (Å²) < 4.78 is 0. The molecule has 0 saturated carbocycles. The SMILES string of the molecule is O=C(NCC1NCCc2ccccc21)C1CCN(c2ccc(Cl)cc2)C1=O. The van der Waals surface area contributed by atoms with E-state index in [1.165, 1.54) is 11.1 Å². The van der Waals surface area contributed by atoms with Crippen LogP contribution in [0.3, 0.4) is 0 Å². The summed E-state index contributed by atoms with van der Waals surface area (Å²) in [6.07, 6.45) is 1.53. The third kappa shape index (κ3) is 3.70. The molecule has 0 aliphatic carbocycles. The van der Waals surface area contributed by atoms with Gasteiger partial charge in [-0.25, -0.2) is 0 Å². The molecular weight excluding hydrogens is 362 g/mol. The first-order valence-corrected chi connectivity index (χ1v) is 9.67. The summed E-state index contributed by atoms with van der Waals surface area (Å²) in [7, 11) is 0. The normalized spacial score (nSPS) is 21.8. The second-order valence-electron chi connectivity index (χ2n) is 7.01. The number of anilines is 1. The molecule has 4 rings (SSSR count). The van der Waals surface area contributed by atoms with Gasteiger partial charge < -0.3 is 15.5 Å². The summed E-state index contributed by atoms with van der Waals surface area (Å²) >= 11 is 5.91. The maximum Gasteiger partial charge on any atom is 0.239 e. The van der Waals surface area contributed by atoms with Crippen LogP contribution in [0.2, 0.25) is 5.02 Å². The topological polar surface area (TPSA) is 61.4 Å². The molecule has 2 unspecified atom stereocenters. The number of nitrogens with one attached hydrogen (secondary N) is 2. The number of benzene rings is 2. The lowest BCUT2D eigenvalue weighted by Gasteiger charge is -2.27. The molecule has 140 valence electrons. The van der Waals surface area contributed by atoms with E-state index < -0.39 is 5.92 Å². The molecule has 0 spiro atoms. The van der Waals surface area contributed by atoms with Gasteiger partial charge in [0.25, 0.3) is 0 Å². The number of hydrogen-bond acceptors (Lipinski definition) is 3. The van der Waals surface area contributed by atoms with Crippen LogP contribution in [-0.2, 0) is 16.0 Å². The summed E-state index contributed by atoms with van der Waals surface area (Å²) in [5.74, 6) is -0.965. The minimum Gasteiger partial charge on any atom is -0.353 e. The molecule has 1 saturated heterocycles. The molecule has 6 heteroatoms. The molecule has 2 aromatic rings. The van der Waals surface area contributed by atoms with E-state index in [1.807, 2.05) is 24.3 Å². The van der Waals surface area contributed by atoms with E-state index in [2.05, 4.69) is 22.8 Å². The molecule has 2 heterocycles. The van der Waals surface area contributed by atoms with Crippen molar-refractivity contribution in [3.63, 3.8) is 0 Å². The fourth-order valence-corrected chi connectivity index (χ4v) is 4.03. The number of fused-ring (bicyclic) bond motifs is 1. The molecule has 2 aliphatic rings. The molecule has 27 heavy (non-hydrogen) atoms. The van der Waals surface area contributed by atoms with E-state index in [0.717, 1.165) is 18.7 Å². The zero-order valence-corrected chi connectivity index (χ0v) is 15.7. The molecule has 2 aromatic carbocycles. The van der Waals surface area contributed by atoms with Crippen molar-refractivity contribution in [1.29, 1.82) is 0 Å². The highest BCUT2D eigenvalue weighted by molar-refractivity contribution is 6.30. The number of carbonyl (C=O) groups excluding carboxylic acids is 2. The molecular formula is C21H22ClN3O2. The minimum absolute atomic E-state index is 0.0859. The first-order valence-electron chi connectivity index (χ1n) is 9.29. The van der Waals surface area contributed by atoms with Crippen LogP contribution in [0.4, 0.5) is 5.69 Å². The monoisotopic (exact) mass is 383 g/mol. The van der Waals surface area contributed by atoms with Crippen molar-refractivity contribution in [3.8, 4) is 0 Å². The zero-order valence-electron chi connectivity index (χ0n) is 15.0. The largest absolute Gasteiger partial charge is 0.353 e. The number of carbonyl (C=O) groups is 2. The molecule has 2 aliphatic heterocycles. The molecule has 1 fully saturated rings. The van der Waals surface area contributed by atoms with Gasteiger partial charge in [0.1, 0.15) is 5.92 Å². The number of amides is 2. The molecule has 2 N–H and O–H groups in total. The van der Waals surface area contributed by atoms with Crippen LogP contribution in [0.15, 0.2) is 48.5 Å². The van der Waals surface area contributed by atoms with Gasteiger partial charge in [-0.15, -0.1) is 0 Å². The van der Waals surface area contributed by atoms with Gasteiger partial charge in [0, 0.05) is 29.8 Å². The van der Waals surface area contributed by atoms with Crippen LogP contribution in [0.1, 0.15) is 23.6 Å². The van der Waals surface area contributed by atoms with Gasteiger partial charge in [0.2, 0.25) is 11.8 Å². The maximum absolute atomic E-state index is 12.7. The van der Waals surface area contributed by atoms with Crippen LogP contribution in [0, 0.1) is 5.92 Å². The highest BCUT2D eigenvalue weighted by Gasteiger charge is 2.37. The lowest BCUT2D eigenvalue weighted by atomic mass is 9.94.